The third kappa shape index (κ3) is 3.28. The molecule has 17 heavy (non-hydrogen) atoms. The van der Waals surface area contributed by atoms with Crippen LogP contribution in [0.1, 0.15) is 28.7 Å². The second-order valence-corrected chi connectivity index (χ2v) is 4.26. The van der Waals surface area contributed by atoms with E-state index in [1.165, 1.54) is 0 Å². The largest absolute Gasteiger partial charge is 0.388 e. The van der Waals surface area contributed by atoms with Crippen LogP contribution < -0.4 is 5.32 Å². The minimum atomic E-state index is -0.278. The number of hydrogen-bond donors (Lipinski definition) is 2. The monoisotopic (exact) mass is 241 g/mol. The highest BCUT2D eigenvalue weighted by Crippen LogP contribution is 2.12. The van der Waals surface area contributed by atoms with Gasteiger partial charge in [-0.2, -0.15) is 0 Å². The highest BCUT2D eigenvalue weighted by molar-refractivity contribution is 5.93. The van der Waals surface area contributed by atoms with Crippen molar-refractivity contribution in [1.29, 1.82) is 0 Å². The zero-order valence-corrected chi connectivity index (χ0v) is 10.6. The highest BCUT2D eigenvalue weighted by Gasteiger charge is 2.18. The number of hydrogen-bond acceptors (Lipinski definition) is 5. The van der Waals surface area contributed by atoms with Gasteiger partial charge in [0.25, 0.3) is 5.91 Å². The summed E-state index contributed by atoms with van der Waals surface area (Å²) in [5, 5.41) is 15.4. The molecule has 6 heteroatoms. The highest BCUT2D eigenvalue weighted by atomic mass is 16.5. The van der Waals surface area contributed by atoms with E-state index < -0.39 is 0 Å². The summed E-state index contributed by atoms with van der Waals surface area (Å²) in [6.45, 7) is 3.99. The van der Waals surface area contributed by atoms with Crippen molar-refractivity contribution in [1.82, 2.24) is 15.4 Å². The van der Waals surface area contributed by atoms with Crippen molar-refractivity contribution in [2.45, 2.75) is 26.5 Å². The fourth-order valence-electron chi connectivity index (χ4n) is 1.24. The van der Waals surface area contributed by atoms with Gasteiger partial charge in [0.05, 0.1) is 0 Å². The van der Waals surface area contributed by atoms with Gasteiger partial charge < -0.3 is 19.8 Å². The number of nitrogens with zero attached hydrogens (tertiary/aromatic N) is 2. The molecule has 96 valence electrons. The quantitative estimate of drug-likeness (QED) is 0.767. The van der Waals surface area contributed by atoms with Crippen molar-refractivity contribution in [3.05, 3.63) is 17.0 Å². The number of aromatic nitrogens is 1. The van der Waals surface area contributed by atoms with Crippen LogP contribution in [0, 0.1) is 6.92 Å². The Morgan fingerprint density at radius 2 is 2.24 bits per heavy atom. The van der Waals surface area contributed by atoms with Gasteiger partial charge in [-0.1, -0.05) is 5.16 Å². The SMILES string of the molecule is Cc1c(C(=O)NCC(C)N(C)C)noc1CO. The number of aliphatic hydroxyl groups is 1. The van der Waals surface area contributed by atoms with Crippen LogP contribution in [0.2, 0.25) is 0 Å². The van der Waals surface area contributed by atoms with Gasteiger partial charge in [0.2, 0.25) is 0 Å². The van der Waals surface area contributed by atoms with Crippen LogP contribution in [0.15, 0.2) is 4.52 Å². The molecular weight excluding hydrogens is 222 g/mol. The van der Waals surface area contributed by atoms with Crippen molar-refractivity contribution in [3.63, 3.8) is 0 Å². The summed E-state index contributed by atoms with van der Waals surface area (Å²) >= 11 is 0. The van der Waals surface area contributed by atoms with Crippen LogP contribution in [0.25, 0.3) is 0 Å². The molecule has 0 aromatic carbocycles. The molecule has 0 bridgehead atoms. The Kier molecular flexibility index (Phi) is 4.65. The molecule has 1 unspecified atom stereocenters. The summed E-state index contributed by atoms with van der Waals surface area (Å²) in [5.74, 6) is 0.0514. The van der Waals surface area contributed by atoms with Gasteiger partial charge in [-0.05, 0) is 27.9 Å². The molecule has 0 aliphatic carbocycles. The molecule has 1 atom stereocenters. The van der Waals surface area contributed by atoms with Crippen LogP contribution in [0.3, 0.4) is 0 Å². The first-order valence-corrected chi connectivity index (χ1v) is 5.48. The summed E-state index contributed by atoms with van der Waals surface area (Å²) in [5.41, 5.74) is 0.822. The normalized spacial score (nSPS) is 12.8. The number of carbonyl (C=O) groups excluding carboxylic acids is 1. The fourth-order valence-corrected chi connectivity index (χ4v) is 1.24. The predicted octanol–water partition coefficient (Wildman–Crippen LogP) is 0.155. The lowest BCUT2D eigenvalue weighted by atomic mass is 10.2. The van der Waals surface area contributed by atoms with Crippen LogP contribution >= 0.6 is 0 Å². The number of rotatable bonds is 5. The van der Waals surface area contributed by atoms with Crippen molar-refractivity contribution in [2.24, 2.45) is 0 Å². The molecule has 0 saturated heterocycles. The van der Waals surface area contributed by atoms with Gasteiger partial charge in [0.15, 0.2) is 11.5 Å². The van der Waals surface area contributed by atoms with Gasteiger partial charge in [0, 0.05) is 18.2 Å². The maximum Gasteiger partial charge on any atom is 0.273 e. The fraction of sp³-hybridized carbons (Fsp3) is 0.636. The van der Waals surface area contributed by atoms with E-state index in [2.05, 4.69) is 10.5 Å². The second kappa shape index (κ2) is 5.79. The third-order valence-electron chi connectivity index (χ3n) is 2.82. The average molecular weight is 241 g/mol. The first kappa shape index (κ1) is 13.7. The molecule has 0 aliphatic rings. The number of carbonyl (C=O) groups is 1. The number of amides is 1. The summed E-state index contributed by atoms with van der Waals surface area (Å²) in [7, 11) is 3.89. The standard InChI is InChI=1S/C11H19N3O3/c1-7(14(3)4)5-12-11(16)10-8(2)9(6-15)17-13-10/h7,15H,5-6H2,1-4H3,(H,12,16). The maximum atomic E-state index is 11.8. The van der Waals surface area contributed by atoms with Crippen molar-refractivity contribution < 1.29 is 14.4 Å². The van der Waals surface area contributed by atoms with Gasteiger partial charge in [-0.15, -0.1) is 0 Å². The van der Waals surface area contributed by atoms with Gasteiger partial charge in [0.1, 0.15) is 6.61 Å². The zero-order valence-electron chi connectivity index (χ0n) is 10.6. The molecule has 0 aliphatic heterocycles. The second-order valence-electron chi connectivity index (χ2n) is 4.26. The molecule has 1 rings (SSSR count). The summed E-state index contributed by atoms with van der Waals surface area (Å²) in [4.78, 5) is 13.8. The lowest BCUT2D eigenvalue weighted by molar-refractivity contribution is 0.0933. The first-order chi connectivity index (χ1) is 7.97. The average Bonchev–Trinajstić information content (AvgIpc) is 2.66. The van der Waals surface area contributed by atoms with Gasteiger partial charge >= 0.3 is 0 Å². The Balaban J connectivity index is 2.61. The molecule has 1 aromatic rings. The molecule has 1 heterocycles. The van der Waals surface area contributed by atoms with Crippen LogP contribution in [-0.4, -0.2) is 47.8 Å². The van der Waals surface area contributed by atoms with E-state index in [9.17, 15) is 4.79 Å². The van der Waals surface area contributed by atoms with Crippen LogP contribution in [0.4, 0.5) is 0 Å². The van der Waals surface area contributed by atoms with Crippen LogP contribution in [0.5, 0.6) is 0 Å². The maximum absolute atomic E-state index is 11.8. The van der Waals surface area contributed by atoms with E-state index >= 15 is 0 Å². The molecule has 0 radical (unpaired) electrons. The van der Waals surface area contributed by atoms with E-state index in [-0.39, 0.29) is 24.2 Å². The van der Waals surface area contributed by atoms with Crippen LogP contribution in [-0.2, 0) is 6.61 Å². The molecule has 6 nitrogen and oxygen atoms in total. The lowest BCUT2D eigenvalue weighted by Gasteiger charge is -2.19. The summed E-state index contributed by atoms with van der Waals surface area (Å²) in [6.07, 6.45) is 0. The van der Waals surface area contributed by atoms with E-state index in [0.717, 1.165) is 0 Å². The zero-order chi connectivity index (χ0) is 13.0. The Morgan fingerprint density at radius 1 is 1.59 bits per heavy atom. The minimum Gasteiger partial charge on any atom is -0.388 e. The number of nitrogens with one attached hydrogen (secondary N) is 1. The molecule has 0 fully saturated rings. The van der Waals surface area contributed by atoms with Crippen molar-refractivity contribution >= 4 is 5.91 Å². The van der Waals surface area contributed by atoms with E-state index in [1.54, 1.807) is 6.92 Å². The number of likely N-dealkylation sites (N-methyl/N-ethyl adjacent to an activating group) is 1. The third-order valence-corrected chi connectivity index (χ3v) is 2.82. The Bertz CT molecular complexity index is 387. The molecule has 0 saturated carbocycles. The van der Waals surface area contributed by atoms with Crippen molar-refractivity contribution in [3.8, 4) is 0 Å². The predicted molar refractivity (Wildman–Crippen MR) is 62.6 cm³/mol. The molecule has 1 aromatic heterocycles. The Labute approximate surface area is 101 Å². The summed E-state index contributed by atoms with van der Waals surface area (Å²) in [6, 6.07) is 0.239. The van der Waals surface area contributed by atoms with E-state index in [4.69, 9.17) is 9.63 Å². The lowest BCUT2D eigenvalue weighted by Crippen LogP contribution is -2.38. The molecule has 1 amide bonds. The summed E-state index contributed by atoms with van der Waals surface area (Å²) < 4.78 is 4.85. The van der Waals surface area contributed by atoms with E-state index in [1.807, 2.05) is 25.9 Å². The smallest absolute Gasteiger partial charge is 0.273 e. The van der Waals surface area contributed by atoms with E-state index in [0.29, 0.717) is 17.9 Å². The number of aliphatic hydroxyl groups excluding tert-OH is 1. The topological polar surface area (TPSA) is 78.6 Å². The molecular formula is C11H19N3O3. The molecule has 2 N–H and O–H groups in total. The first-order valence-electron chi connectivity index (χ1n) is 5.48. The minimum absolute atomic E-state index is 0.236. The Morgan fingerprint density at radius 3 is 2.71 bits per heavy atom. The Hall–Kier alpha value is -1.40. The van der Waals surface area contributed by atoms with Gasteiger partial charge in [-0.25, -0.2) is 0 Å². The van der Waals surface area contributed by atoms with Crippen molar-refractivity contribution in [2.75, 3.05) is 20.6 Å². The van der Waals surface area contributed by atoms with Gasteiger partial charge in [-0.3, -0.25) is 4.79 Å². The molecule has 0 spiro atoms.